The van der Waals surface area contributed by atoms with Gasteiger partial charge in [-0.05, 0) is 24.3 Å². The molecule has 1 amide bonds. The number of methoxy groups -OCH3 is 1. The van der Waals surface area contributed by atoms with E-state index in [1.54, 1.807) is 19.2 Å². The van der Waals surface area contributed by atoms with Crippen molar-refractivity contribution < 1.29 is 14.5 Å². The van der Waals surface area contributed by atoms with Gasteiger partial charge in [-0.1, -0.05) is 34.5 Å². The average molecular weight is 426 g/mol. The number of aromatic nitrogens is 1. The number of rotatable bonds is 5. The number of hydrogen-bond acceptors (Lipinski definition) is 5. The summed E-state index contributed by atoms with van der Waals surface area (Å²) in [6.07, 6.45) is 0. The van der Waals surface area contributed by atoms with Crippen molar-refractivity contribution in [3.05, 3.63) is 66.9 Å². The normalized spacial score (nSPS) is 11.9. The third-order valence-corrected chi connectivity index (χ3v) is 5.36. The van der Waals surface area contributed by atoms with E-state index < -0.39 is 10.8 Å². The highest BCUT2D eigenvalue weighted by Gasteiger charge is 2.16. The Balaban J connectivity index is 2.13. The Labute approximate surface area is 167 Å². The first-order valence-corrected chi connectivity index (χ1v) is 9.29. The van der Waals surface area contributed by atoms with Crippen molar-refractivity contribution in [2.45, 2.75) is 6.54 Å². The summed E-state index contributed by atoms with van der Waals surface area (Å²) in [6, 6.07) is 9.05. The van der Waals surface area contributed by atoms with Crippen LogP contribution in [-0.2, 0) is 11.3 Å². The van der Waals surface area contributed by atoms with Crippen LogP contribution in [0.4, 0.5) is 5.69 Å². The van der Waals surface area contributed by atoms with E-state index in [4.69, 9.17) is 27.9 Å². The van der Waals surface area contributed by atoms with Crippen LogP contribution in [0.2, 0.25) is 10.0 Å². The van der Waals surface area contributed by atoms with Crippen molar-refractivity contribution in [2.24, 2.45) is 4.99 Å². The number of nitro groups is 1. The number of nitro benzene ring substituents is 1. The lowest BCUT2D eigenvalue weighted by Crippen LogP contribution is -2.19. The van der Waals surface area contributed by atoms with Gasteiger partial charge in [-0.15, -0.1) is 0 Å². The molecule has 7 nitrogen and oxygen atoms in total. The lowest BCUT2D eigenvalue weighted by molar-refractivity contribution is -0.384. The number of amides is 1. The van der Waals surface area contributed by atoms with Gasteiger partial charge in [0.05, 0.1) is 32.3 Å². The third-order valence-electron chi connectivity index (χ3n) is 3.75. The van der Waals surface area contributed by atoms with E-state index >= 15 is 0 Å². The van der Waals surface area contributed by atoms with Gasteiger partial charge in [-0.2, -0.15) is 4.99 Å². The molecule has 0 fully saturated rings. The van der Waals surface area contributed by atoms with E-state index in [9.17, 15) is 14.9 Å². The van der Waals surface area contributed by atoms with Gasteiger partial charge in [0.1, 0.15) is 0 Å². The maximum atomic E-state index is 12.6. The van der Waals surface area contributed by atoms with Crippen molar-refractivity contribution in [3.8, 4) is 0 Å². The molecule has 0 radical (unpaired) electrons. The number of benzene rings is 2. The molecule has 1 aromatic heterocycles. The number of carbonyl (C=O) groups excluding carboxylic acids is 1. The zero-order chi connectivity index (χ0) is 19.6. The second-order valence-corrected chi connectivity index (χ2v) is 7.33. The van der Waals surface area contributed by atoms with Gasteiger partial charge in [0, 0.05) is 30.8 Å². The first kappa shape index (κ1) is 19.5. The highest BCUT2D eigenvalue weighted by atomic mass is 35.5. The number of non-ortho nitro benzene ring substituents is 1. The summed E-state index contributed by atoms with van der Waals surface area (Å²) in [5, 5.41) is 11.6. The van der Waals surface area contributed by atoms with Crippen molar-refractivity contribution in [2.75, 3.05) is 13.7 Å². The molecule has 0 N–H and O–H groups in total. The van der Waals surface area contributed by atoms with Crippen molar-refractivity contribution in [3.63, 3.8) is 0 Å². The van der Waals surface area contributed by atoms with Gasteiger partial charge in [-0.3, -0.25) is 14.9 Å². The predicted molar refractivity (Wildman–Crippen MR) is 105 cm³/mol. The Morgan fingerprint density at radius 3 is 2.78 bits per heavy atom. The van der Waals surface area contributed by atoms with Crippen LogP contribution in [-0.4, -0.2) is 29.1 Å². The first-order chi connectivity index (χ1) is 12.9. The summed E-state index contributed by atoms with van der Waals surface area (Å²) in [6.45, 7) is 0.903. The fourth-order valence-electron chi connectivity index (χ4n) is 2.47. The van der Waals surface area contributed by atoms with Crippen LogP contribution in [0, 0.1) is 10.1 Å². The molecule has 140 valence electrons. The predicted octanol–water partition coefficient (Wildman–Crippen LogP) is 4.31. The molecule has 0 aliphatic carbocycles. The molecule has 0 aliphatic heterocycles. The van der Waals surface area contributed by atoms with Gasteiger partial charge in [0.2, 0.25) is 0 Å². The number of carbonyl (C=O) groups is 1. The Hall–Kier alpha value is -2.26. The smallest absolute Gasteiger partial charge is 0.281 e. The number of hydrogen-bond donors (Lipinski definition) is 0. The zero-order valence-electron chi connectivity index (χ0n) is 14.0. The van der Waals surface area contributed by atoms with Crippen LogP contribution < -0.4 is 4.80 Å². The summed E-state index contributed by atoms with van der Waals surface area (Å²) < 4.78 is 7.82. The second-order valence-electron chi connectivity index (χ2n) is 5.48. The molecule has 0 unspecified atom stereocenters. The molecule has 0 saturated carbocycles. The summed E-state index contributed by atoms with van der Waals surface area (Å²) in [7, 11) is 1.58. The highest BCUT2D eigenvalue weighted by molar-refractivity contribution is 7.16. The maximum Gasteiger partial charge on any atom is 0.281 e. The summed E-state index contributed by atoms with van der Waals surface area (Å²) in [4.78, 5) is 27.6. The van der Waals surface area contributed by atoms with Gasteiger partial charge in [0.25, 0.3) is 11.6 Å². The van der Waals surface area contributed by atoms with Crippen molar-refractivity contribution >= 4 is 56.3 Å². The van der Waals surface area contributed by atoms with E-state index in [0.717, 1.165) is 16.3 Å². The Morgan fingerprint density at radius 2 is 2.07 bits per heavy atom. The maximum absolute atomic E-state index is 12.6. The van der Waals surface area contributed by atoms with E-state index in [1.165, 1.54) is 23.5 Å². The third kappa shape index (κ3) is 4.19. The summed E-state index contributed by atoms with van der Waals surface area (Å²) in [5.41, 5.74) is 0.603. The van der Waals surface area contributed by atoms with Crippen LogP contribution in [0.3, 0.4) is 0 Å². The molecular formula is C17H13Cl2N3O4S. The number of nitrogens with zero attached hydrogens (tertiary/aromatic N) is 3. The topological polar surface area (TPSA) is 86.7 Å². The molecule has 0 aliphatic rings. The van der Waals surface area contributed by atoms with Crippen LogP contribution in [0.1, 0.15) is 10.4 Å². The molecule has 3 rings (SSSR count). The molecular weight excluding hydrogens is 413 g/mol. The van der Waals surface area contributed by atoms with Crippen LogP contribution >= 0.6 is 34.5 Å². The van der Waals surface area contributed by atoms with Crippen LogP contribution in [0.15, 0.2) is 41.4 Å². The van der Waals surface area contributed by atoms with E-state index in [0.29, 0.717) is 23.0 Å². The van der Waals surface area contributed by atoms with Gasteiger partial charge < -0.3 is 9.30 Å². The average Bonchev–Trinajstić information content (AvgIpc) is 2.95. The molecule has 0 spiro atoms. The number of halogens is 2. The fourth-order valence-corrected chi connectivity index (χ4v) is 4.00. The summed E-state index contributed by atoms with van der Waals surface area (Å²) >= 11 is 13.4. The Kier molecular flexibility index (Phi) is 5.91. The van der Waals surface area contributed by atoms with Crippen LogP contribution in [0.25, 0.3) is 10.2 Å². The standard InChI is InChI=1S/C17H13Cl2N3O4S/c1-26-7-6-21-14-5-2-10(18)8-15(14)27-17(21)20-16(23)12-9-11(22(24)25)3-4-13(12)19/h2-5,8-9H,6-7H2,1H3. The van der Waals surface area contributed by atoms with Crippen LogP contribution in [0.5, 0.6) is 0 Å². The SMILES string of the molecule is COCCn1c(=NC(=O)c2cc([N+](=O)[O-])ccc2Cl)sc2cc(Cl)ccc21. The molecule has 0 bridgehead atoms. The summed E-state index contributed by atoms with van der Waals surface area (Å²) in [5.74, 6) is -0.660. The van der Waals surface area contributed by atoms with E-state index in [2.05, 4.69) is 4.99 Å². The first-order valence-electron chi connectivity index (χ1n) is 7.71. The second kappa shape index (κ2) is 8.18. The molecule has 10 heteroatoms. The van der Waals surface area contributed by atoms with Crippen molar-refractivity contribution in [1.29, 1.82) is 0 Å². The Morgan fingerprint density at radius 1 is 1.30 bits per heavy atom. The van der Waals surface area contributed by atoms with Gasteiger partial charge >= 0.3 is 0 Å². The highest BCUT2D eigenvalue weighted by Crippen LogP contribution is 2.24. The fraction of sp³-hybridized carbons (Fsp3) is 0.176. The minimum absolute atomic E-state index is 0.0281. The number of ether oxygens (including phenoxy) is 1. The minimum Gasteiger partial charge on any atom is -0.383 e. The minimum atomic E-state index is -0.660. The van der Waals surface area contributed by atoms with E-state index in [-0.39, 0.29) is 16.3 Å². The van der Waals surface area contributed by atoms with E-state index in [1.807, 2.05) is 10.6 Å². The zero-order valence-corrected chi connectivity index (χ0v) is 16.3. The van der Waals surface area contributed by atoms with Gasteiger partial charge in [-0.25, -0.2) is 0 Å². The molecule has 0 saturated heterocycles. The largest absolute Gasteiger partial charge is 0.383 e. The Bertz CT molecular complexity index is 1110. The quantitative estimate of drug-likeness (QED) is 0.450. The lowest BCUT2D eigenvalue weighted by Gasteiger charge is -2.04. The molecule has 3 aromatic rings. The van der Waals surface area contributed by atoms with Gasteiger partial charge in [0.15, 0.2) is 4.80 Å². The van der Waals surface area contributed by atoms with Crippen molar-refractivity contribution in [1.82, 2.24) is 4.57 Å². The number of fused-ring (bicyclic) bond motifs is 1. The lowest BCUT2D eigenvalue weighted by atomic mass is 10.2. The monoisotopic (exact) mass is 425 g/mol. The molecule has 2 aromatic carbocycles. The molecule has 27 heavy (non-hydrogen) atoms. The number of thiazole rings is 1. The molecule has 0 atom stereocenters. The molecule has 1 heterocycles.